The number of hydrogen-bond acceptors (Lipinski definition) is 9. The van der Waals surface area contributed by atoms with Gasteiger partial charge < -0.3 is 20.3 Å². The third kappa shape index (κ3) is 4.44. The lowest BCUT2D eigenvalue weighted by atomic mass is 10.1. The lowest BCUT2D eigenvalue weighted by Crippen LogP contribution is -2.44. The van der Waals surface area contributed by atoms with E-state index in [0.717, 1.165) is 16.9 Å². The fourth-order valence-electron chi connectivity index (χ4n) is 4.31. The van der Waals surface area contributed by atoms with Gasteiger partial charge in [0.2, 0.25) is 14.2 Å². The molecule has 3 heterocycles. The van der Waals surface area contributed by atoms with Crippen molar-refractivity contribution in [2.45, 2.75) is 41.8 Å². The number of sulfone groups is 1. The second kappa shape index (κ2) is 9.41. The van der Waals surface area contributed by atoms with Crippen LogP contribution in [-0.2, 0) is 19.3 Å². The number of carbonyl (C=O) groups excluding carboxylic acids is 1. The van der Waals surface area contributed by atoms with Crippen molar-refractivity contribution >= 4 is 38.7 Å². The van der Waals surface area contributed by atoms with Gasteiger partial charge in [-0.25, -0.2) is 28.2 Å². The minimum Gasteiger partial charge on any atom is -0.377 e. The first kappa shape index (κ1) is 24.6. The Morgan fingerprint density at radius 1 is 1.19 bits per heavy atom. The lowest BCUT2D eigenvalue weighted by molar-refractivity contribution is 0.0985. The zero-order valence-electron chi connectivity index (χ0n) is 20.3. The minimum absolute atomic E-state index is 0.0851. The second-order valence-electron chi connectivity index (χ2n) is 9.09. The maximum atomic E-state index is 13.7. The van der Waals surface area contributed by atoms with Crippen LogP contribution in [0.1, 0.15) is 31.2 Å². The summed E-state index contributed by atoms with van der Waals surface area (Å²) in [7, 11) is -2.18. The topological polar surface area (TPSA) is 126 Å². The van der Waals surface area contributed by atoms with E-state index >= 15 is 0 Å². The largest absolute Gasteiger partial charge is 0.377 e. The van der Waals surface area contributed by atoms with Crippen LogP contribution in [-0.4, -0.2) is 62.2 Å². The van der Waals surface area contributed by atoms with Crippen LogP contribution in [0, 0.1) is 6.92 Å². The second-order valence-corrected chi connectivity index (χ2v) is 12.4. The Morgan fingerprint density at radius 2 is 1.94 bits per heavy atom. The number of anilines is 2. The van der Waals surface area contributed by atoms with Crippen molar-refractivity contribution in [2.24, 2.45) is 0 Å². The van der Waals surface area contributed by atoms with E-state index in [1.54, 1.807) is 31.5 Å². The average Bonchev–Trinajstić information content (AvgIpc) is 3.59. The molecule has 0 radical (unpaired) electrons. The van der Waals surface area contributed by atoms with Crippen molar-refractivity contribution < 1.29 is 17.9 Å². The summed E-state index contributed by atoms with van der Waals surface area (Å²) in [6.45, 7) is 5.63. The summed E-state index contributed by atoms with van der Waals surface area (Å²) in [5, 5.41) is 7.00. The molecule has 0 unspecified atom stereocenters. The monoisotopic (exact) mass is 528 g/mol. The predicted molar refractivity (Wildman–Crippen MR) is 138 cm³/mol. The highest BCUT2D eigenvalue weighted by Crippen LogP contribution is 2.55. The molecule has 1 aliphatic heterocycles. The molecule has 1 aromatic carbocycles. The zero-order valence-corrected chi connectivity index (χ0v) is 21.9. The van der Waals surface area contributed by atoms with Gasteiger partial charge in [0, 0.05) is 42.0 Å². The number of hydrogen-bond donors (Lipinski definition) is 2. The van der Waals surface area contributed by atoms with Crippen LogP contribution >= 0.6 is 11.3 Å². The van der Waals surface area contributed by atoms with Crippen LogP contribution in [0.25, 0.3) is 11.4 Å². The molecule has 0 bridgehead atoms. The molecule has 1 aliphatic carbocycles. The van der Waals surface area contributed by atoms with Crippen molar-refractivity contribution in [3.63, 3.8) is 0 Å². The van der Waals surface area contributed by atoms with Gasteiger partial charge in [0.25, 0.3) is 0 Å². The molecule has 2 N–H and O–H groups in total. The van der Waals surface area contributed by atoms with Gasteiger partial charge in [-0.3, -0.25) is 0 Å². The van der Waals surface area contributed by atoms with Gasteiger partial charge in [-0.1, -0.05) is 0 Å². The van der Waals surface area contributed by atoms with E-state index in [2.05, 4.69) is 27.4 Å². The van der Waals surface area contributed by atoms with Crippen molar-refractivity contribution in [2.75, 3.05) is 37.0 Å². The summed E-state index contributed by atoms with van der Waals surface area (Å²) in [5.41, 5.74) is 2.52. The Hall–Kier alpha value is -3.09. The SMILES string of the molecule is CNC(=O)Nc1ccc(-c2nc(N3CCOC[C@@H]3C)cc(C3(S(=O)(=O)c4nc(C)cs4)CC3)n2)cc1. The van der Waals surface area contributed by atoms with Crippen LogP contribution in [0.5, 0.6) is 0 Å². The number of nitrogens with one attached hydrogen (secondary N) is 2. The molecule has 1 atom stereocenters. The smallest absolute Gasteiger partial charge is 0.318 e. The van der Waals surface area contributed by atoms with Gasteiger partial charge in [-0.2, -0.15) is 0 Å². The fourth-order valence-corrected chi connectivity index (χ4v) is 7.58. The first-order valence-corrected chi connectivity index (χ1v) is 14.1. The highest BCUT2D eigenvalue weighted by Gasteiger charge is 2.59. The Labute approximate surface area is 214 Å². The number of nitrogens with zero attached hydrogens (tertiary/aromatic N) is 4. The first-order chi connectivity index (χ1) is 17.2. The summed E-state index contributed by atoms with van der Waals surface area (Å²) >= 11 is 1.15. The number of thiazole rings is 1. The molecule has 12 heteroatoms. The van der Waals surface area contributed by atoms with Crippen molar-refractivity contribution in [1.29, 1.82) is 0 Å². The van der Waals surface area contributed by atoms with E-state index in [9.17, 15) is 13.2 Å². The number of ether oxygens (including phenoxy) is 1. The van der Waals surface area contributed by atoms with E-state index < -0.39 is 14.6 Å². The number of carbonyl (C=O) groups is 1. The molecule has 36 heavy (non-hydrogen) atoms. The Bertz CT molecular complexity index is 1390. The number of rotatable bonds is 6. The summed E-state index contributed by atoms with van der Waals surface area (Å²) in [6.07, 6.45) is 0.967. The molecular weight excluding hydrogens is 500 g/mol. The predicted octanol–water partition coefficient (Wildman–Crippen LogP) is 3.35. The van der Waals surface area contributed by atoms with Gasteiger partial charge in [0.15, 0.2) is 5.82 Å². The van der Waals surface area contributed by atoms with E-state index in [-0.39, 0.29) is 16.4 Å². The molecule has 5 rings (SSSR count). The molecule has 10 nitrogen and oxygen atoms in total. The molecule has 2 aromatic heterocycles. The highest BCUT2D eigenvalue weighted by atomic mass is 32.2. The number of urea groups is 1. The number of morpholine rings is 1. The molecule has 0 spiro atoms. The number of aromatic nitrogens is 3. The maximum absolute atomic E-state index is 13.7. The van der Waals surface area contributed by atoms with E-state index in [1.165, 1.54) is 0 Å². The van der Waals surface area contributed by atoms with Crippen LogP contribution in [0.15, 0.2) is 40.1 Å². The van der Waals surface area contributed by atoms with Gasteiger partial charge in [-0.15, -0.1) is 11.3 Å². The van der Waals surface area contributed by atoms with Gasteiger partial charge in [0.1, 0.15) is 10.6 Å². The first-order valence-electron chi connectivity index (χ1n) is 11.7. The van der Waals surface area contributed by atoms with Crippen LogP contribution in [0.2, 0.25) is 0 Å². The summed E-state index contributed by atoms with van der Waals surface area (Å²) in [4.78, 5) is 27.7. The van der Waals surface area contributed by atoms with Gasteiger partial charge in [0.05, 0.1) is 24.9 Å². The maximum Gasteiger partial charge on any atom is 0.318 e. The van der Waals surface area contributed by atoms with E-state index in [1.807, 2.05) is 18.2 Å². The number of aryl methyl sites for hydroxylation is 1. The standard InChI is InChI=1S/C24H28N6O4S2/c1-15-14-35-23(26-15)36(32,33)24(8-9-24)19-12-20(30-10-11-34-13-16(30)2)29-21(28-19)17-4-6-18(7-5-17)27-22(31)25-3/h4-7,12,14,16H,8-11,13H2,1-3H3,(H2,25,27,31)/t16-/m0/s1. The summed E-state index contributed by atoms with van der Waals surface area (Å²) in [6, 6.07) is 8.74. The molecular formula is C24H28N6O4S2. The third-order valence-corrected chi connectivity index (χ3v) is 10.4. The van der Waals surface area contributed by atoms with Crippen LogP contribution in [0.3, 0.4) is 0 Å². The zero-order chi connectivity index (χ0) is 25.5. The number of amides is 2. The normalized spacial score (nSPS) is 19.1. The molecule has 2 fully saturated rings. The lowest BCUT2D eigenvalue weighted by Gasteiger charge is -2.34. The van der Waals surface area contributed by atoms with Gasteiger partial charge >= 0.3 is 6.03 Å². The minimum atomic E-state index is -3.72. The third-order valence-electron chi connectivity index (χ3n) is 6.52. The van der Waals surface area contributed by atoms with Crippen molar-refractivity contribution in [3.8, 4) is 11.4 Å². The Kier molecular flexibility index (Phi) is 6.43. The summed E-state index contributed by atoms with van der Waals surface area (Å²) < 4.78 is 32.0. The number of benzene rings is 1. The summed E-state index contributed by atoms with van der Waals surface area (Å²) in [5.74, 6) is 1.11. The molecule has 1 saturated heterocycles. The van der Waals surface area contributed by atoms with Gasteiger partial charge in [-0.05, 0) is 51.0 Å². The molecule has 3 aromatic rings. The molecule has 190 valence electrons. The Balaban J connectivity index is 1.59. The van der Waals surface area contributed by atoms with E-state index in [4.69, 9.17) is 14.7 Å². The molecule has 2 aliphatic rings. The molecule has 1 saturated carbocycles. The van der Waals surface area contributed by atoms with Crippen LogP contribution < -0.4 is 15.5 Å². The average molecular weight is 529 g/mol. The quantitative estimate of drug-likeness (QED) is 0.499. The highest BCUT2D eigenvalue weighted by molar-refractivity contribution is 7.94. The molecule has 2 amide bonds. The Morgan fingerprint density at radius 3 is 2.56 bits per heavy atom. The van der Waals surface area contributed by atoms with Crippen LogP contribution in [0.4, 0.5) is 16.3 Å². The van der Waals surface area contributed by atoms with E-state index in [0.29, 0.717) is 61.3 Å². The fraction of sp³-hybridized carbons (Fsp3) is 0.417. The van der Waals surface area contributed by atoms with Crippen molar-refractivity contribution in [1.82, 2.24) is 20.3 Å². The van der Waals surface area contributed by atoms with Crippen molar-refractivity contribution in [3.05, 3.63) is 47.1 Å².